The van der Waals surface area contributed by atoms with E-state index in [9.17, 15) is 34.8 Å². The van der Waals surface area contributed by atoms with Gasteiger partial charge < -0.3 is 36.0 Å². The Bertz CT molecular complexity index is 1480. The molecule has 1 heterocycles. The number of aliphatic hydroxyl groups is 3. The van der Waals surface area contributed by atoms with Crippen molar-refractivity contribution in [1.29, 1.82) is 0 Å². The Kier molecular flexibility index (Phi) is 6.21. The van der Waals surface area contributed by atoms with Crippen LogP contribution in [0.2, 0.25) is 0 Å². The molecular weight excluding hydrogens is 504 g/mol. The lowest BCUT2D eigenvalue weighted by molar-refractivity contribution is -0.153. The van der Waals surface area contributed by atoms with E-state index in [-0.39, 0.29) is 29.7 Å². The molecular formula is C28H32N4O7. The Labute approximate surface area is 224 Å². The third-order valence-electron chi connectivity index (χ3n) is 8.13. The molecule has 1 saturated carbocycles. The van der Waals surface area contributed by atoms with Gasteiger partial charge in [-0.25, -0.2) is 0 Å². The summed E-state index contributed by atoms with van der Waals surface area (Å²) in [5.74, 6) is -6.68. The first-order valence-corrected chi connectivity index (χ1v) is 12.6. The van der Waals surface area contributed by atoms with Gasteiger partial charge in [0, 0.05) is 35.0 Å². The van der Waals surface area contributed by atoms with Crippen LogP contribution >= 0.6 is 0 Å². The summed E-state index contributed by atoms with van der Waals surface area (Å²) < 4.78 is 0. The molecule has 5 rings (SSSR count). The van der Waals surface area contributed by atoms with Gasteiger partial charge in [-0.05, 0) is 76.8 Å². The number of rotatable bonds is 5. The normalized spacial score (nSPS) is 26.7. The van der Waals surface area contributed by atoms with Gasteiger partial charge >= 0.3 is 0 Å². The van der Waals surface area contributed by atoms with E-state index >= 15 is 0 Å². The molecule has 3 aliphatic carbocycles. The number of nitrogens with zero attached hydrogens (tertiary/aromatic N) is 2. The van der Waals surface area contributed by atoms with Crippen molar-refractivity contribution in [3.63, 3.8) is 0 Å². The Balaban J connectivity index is 1.69. The van der Waals surface area contributed by atoms with Crippen LogP contribution in [0.15, 0.2) is 41.2 Å². The smallest absolute Gasteiger partial charge is 0.255 e. The van der Waals surface area contributed by atoms with Crippen LogP contribution in [0.5, 0.6) is 5.75 Å². The van der Waals surface area contributed by atoms with Crippen molar-refractivity contribution in [1.82, 2.24) is 14.8 Å². The highest BCUT2D eigenvalue weighted by Gasteiger charge is 2.64. The van der Waals surface area contributed by atoms with Crippen molar-refractivity contribution in [3.8, 4) is 17.0 Å². The van der Waals surface area contributed by atoms with Crippen molar-refractivity contribution in [2.75, 3.05) is 28.2 Å². The van der Waals surface area contributed by atoms with Crippen molar-refractivity contribution < 1.29 is 34.8 Å². The minimum absolute atomic E-state index is 0.0392. The monoisotopic (exact) mass is 536 g/mol. The number of phenolic OH excluding ortho intramolecular Hbond substituents is 1. The van der Waals surface area contributed by atoms with Gasteiger partial charge in [-0.1, -0.05) is 0 Å². The number of nitrogens with two attached hydrogens (primary N) is 1. The van der Waals surface area contributed by atoms with Crippen LogP contribution in [0.4, 0.5) is 0 Å². The summed E-state index contributed by atoms with van der Waals surface area (Å²) in [7, 11) is 7.04. The Morgan fingerprint density at radius 3 is 2.41 bits per heavy atom. The number of aromatic nitrogens is 1. The summed E-state index contributed by atoms with van der Waals surface area (Å²) in [6, 6.07) is 5.89. The number of H-pyrrole nitrogens is 1. The van der Waals surface area contributed by atoms with Gasteiger partial charge in [0.2, 0.25) is 5.78 Å². The van der Waals surface area contributed by atoms with Gasteiger partial charge in [-0.3, -0.25) is 19.3 Å². The topological polar surface area (TPSA) is 180 Å². The quantitative estimate of drug-likeness (QED) is 0.304. The van der Waals surface area contributed by atoms with E-state index in [0.29, 0.717) is 12.1 Å². The Morgan fingerprint density at radius 2 is 1.79 bits per heavy atom. The average molecular weight is 537 g/mol. The molecule has 0 saturated heterocycles. The number of benzene rings is 1. The number of likely N-dealkylation sites (N-methyl/N-ethyl adjacent to an activating group) is 1. The summed E-state index contributed by atoms with van der Waals surface area (Å²) in [5.41, 5.74) is 4.84. The molecule has 4 atom stereocenters. The van der Waals surface area contributed by atoms with Crippen LogP contribution in [0, 0.1) is 11.8 Å². The molecule has 3 aliphatic rings. The van der Waals surface area contributed by atoms with Gasteiger partial charge in [0.15, 0.2) is 11.4 Å². The molecule has 0 spiro atoms. The van der Waals surface area contributed by atoms with E-state index in [4.69, 9.17) is 5.73 Å². The largest absolute Gasteiger partial charge is 0.508 e. The fraction of sp³-hybridized carbons (Fsp3) is 0.393. The maximum Gasteiger partial charge on any atom is 0.255 e. The number of aromatic amines is 1. The van der Waals surface area contributed by atoms with Crippen LogP contribution in [0.25, 0.3) is 17.0 Å². The van der Waals surface area contributed by atoms with E-state index in [0.717, 1.165) is 17.0 Å². The predicted octanol–water partition coefficient (Wildman–Crippen LogP) is 1.02. The van der Waals surface area contributed by atoms with Gasteiger partial charge in [-0.2, -0.15) is 0 Å². The fourth-order valence-corrected chi connectivity index (χ4v) is 6.53. The highest BCUT2D eigenvalue weighted by molar-refractivity contribution is 6.24. The number of phenols is 1. The molecule has 206 valence electrons. The second kappa shape index (κ2) is 9.08. The molecule has 39 heavy (non-hydrogen) atoms. The zero-order chi connectivity index (χ0) is 28.5. The summed E-state index contributed by atoms with van der Waals surface area (Å²) in [6.45, 7) is 0.678. The highest BCUT2D eigenvalue weighted by Crippen LogP contribution is 2.53. The molecule has 1 amide bonds. The average Bonchev–Trinajstić information content (AvgIpc) is 3.28. The van der Waals surface area contributed by atoms with Gasteiger partial charge in [0.25, 0.3) is 5.91 Å². The van der Waals surface area contributed by atoms with Crippen molar-refractivity contribution in [2.45, 2.75) is 31.0 Å². The predicted molar refractivity (Wildman–Crippen MR) is 141 cm³/mol. The molecule has 0 radical (unpaired) electrons. The lowest BCUT2D eigenvalue weighted by Crippen LogP contribution is -2.65. The number of Topliss-reactive ketones (excluding diaryl/α,β-unsaturated/α-hetero) is 2. The second-order valence-corrected chi connectivity index (χ2v) is 11.1. The summed E-state index contributed by atoms with van der Waals surface area (Å²) >= 11 is 0. The van der Waals surface area contributed by atoms with Gasteiger partial charge in [0.05, 0.1) is 11.6 Å². The summed E-state index contributed by atoms with van der Waals surface area (Å²) in [5, 5.41) is 44.8. The second-order valence-electron chi connectivity index (χ2n) is 11.1. The molecule has 0 unspecified atom stereocenters. The Hall–Kier alpha value is -3.93. The maximum absolute atomic E-state index is 13.9. The number of carbonyl (C=O) groups is 3. The van der Waals surface area contributed by atoms with Crippen molar-refractivity contribution in [3.05, 3.63) is 58.0 Å². The summed E-state index contributed by atoms with van der Waals surface area (Å²) in [4.78, 5) is 46.1. The van der Waals surface area contributed by atoms with Crippen LogP contribution in [0.1, 0.15) is 23.2 Å². The van der Waals surface area contributed by atoms with Crippen molar-refractivity contribution in [2.24, 2.45) is 17.6 Å². The van der Waals surface area contributed by atoms with E-state index in [1.54, 1.807) is 20.2 Å². The number of aliphatic hydroxyl groups excluding tert-OH is 2. The number of nitrogens with one attached hydrogen (secondary N) is 1. The summed E-state index contributed by atoms with van der Waals surface area (Å²) in [6.07, 6.45) is 0.262. The number of hydrogen-bond acceptors (Lipinski definition) is 9. The van der Waals surface area contributed by atoms with E-state index < -0.39 is 58.0 Å². The number of fused-ring (bicyclic) bond motifs is 3. The first kappa shape index (κ1) is 26.7. The molecule has 11 heteroatoms. The number of primary amides is 1. The molecule has 1 aromatic heterocycles. The molecule has 1 aromatic carbocycles. The fourth-order valence-electron chi connectivity index (χ4n) is 6.53. The van der Waals surface area contributed by atoms with E-state index in [2.05, 4.69) is 4.98 Å². The van der Waals surface area contributed by atoms with E-state index in [1.807, 2.05) is 31.1 Å². The number of carbonyl (C=O) groups excluding carboxylic acids is 3. The Morgan fingerprint density at radius 1 is 1.10 bits per heavy atom. The third-order valence-corrected chi connectivity index (χ3v) is 8.13. The van der Waals surface area contributed by atoms with Crippen LogP contribution in [-0.2, 0) is 27.3 Å². The number of aromatic hydroxyl groups is 1. The molecule has 11 nitrogen and oxygen atoms in total. The standard InChI is InChI=1S/C28H32N4O7/c1-31(2)11-13-5-7-17(30-13)14-6-8-18(33)20-15(14)9-12-10-16-22(32(3)4)24(35)21(27(29)38)26(37)28(16,39)25(36)19(12)23(20)34/h5-8,12,16,22,30,33-34,37,39H,9-11H2,1-4H3,(H2,29,38)/t12-,16-,22-,28-/m0/s1. The van der Waals surface area contributed by atoms with Gasteiger partial charge in [0.1, 0.15) is 22.8 Å². The lowest BCUT2D eigenvalue weighted by atomic mass is 9.57. The zero-order valence-electron chi connectivity index (χ0n) is 22.1. The van der Waals surface area contributed by atoms with E-state index in [1.165, 1.54) is 11.0 Å². The van der Waals surface area contributed by atoms with Crippen LogP contribution in [0.3, 0.4) is 0 Å². The SMILES string of the molecule is CN(C)Cc1ccc(-c2ccc(O)c3c2C[C@H]2C[C@H]4[C@H](N(C)C)C(=O)C(C(N)=O)=C(O)[C@@]4(O)C(=O)C2=C3O)[nH]1. The third kappa shape index (κ3) is 3.80. The number of amides is 1. The zero-order valence-corrected chi connectivity index (χ0v) is 22.1. The minimum atomic E-state index is -2.65. The minimum Gasteiger partial charge on any atom is -0.508 e. The first-order valence-electron chi connectivity index (χ1n) is 12.6. The van der Waals surface area contributed by atoms with Crippen LogP contribution < -0.4 is 5.73 Å². The molecule has 0 bridgehead atoms. The van der Waals surface area contributed by atoms with Crippen LogP contribution in [-0.4, -0.2) is 92.5 Å². The molecule has 0 aliphatic heterocycles. The molecule has 7 N–H and O–H groups in total. The highest BCUT2D eigenvalue weighted by atomic mass is 16.3. The molecule has 2 aromatic rings. The maximum atomic E-state index is 13.9. The van der Waals surface area contributed by atoms with Gasteiger partial charge in [-0.15, -0.1) is 0 Å². The first-order chi connectivity index (χ1) is 18.3. The number of ketones is 2. The van der Waals surface area contributed by atoms with Crippen molar-refractivity contribution >= 4 is 23.2 Å². The lowest BCUT2D eigenvalue weighted by Gasteiger charge is -2.50. The molecule has 1 fully saturated rings. The number of hydrogen-bond donors (Lipinski definition) is 6.